The lowest BCUT2D eigenvalue weighted by Gasteiger charge is -2.11. The number of methoxy groups -OCH3 is 1. The van der Waals surface area contributed by atoms with Gasteiger partial charge in [0.2, 0.25) is 0 Å². The van der Waals surface area contributed by atoms with Gasteiger partial charge in [-0.1, -0.05) is 0 Å². The summed E-state index contributed by atoms with van der Waals surface area (Å²) in [7, 11) is 1.55. The number of esters is 1. The summed E-state index contributed by atoms with van der Waals surface area (Å²) in [4.78, 5) is 11.0. The molecule has 0 aromatic rings. The van der Waals surface area contributed by atoms with Gasteiger partial charge in [-0.2, -0.15) is 0 Å². The summed E-state index contributed by atoms with van der Waals surface area (Å²) in [5, 5.41) is 0. The Balaban J connectivity index is 3.38. The molecule has 0 saturated carbocycles. The predicted octanol–water partition coefficient (Wildman–Crippen LogP) is -0.460. The van der Waals surface area contributed by atoms with Crippen molar-refractivity contribution in [2.24, 2.45) is 5.73 Å². The van der Waals surface area contributed by atoms with Gasteiger partial charge in [0, 0.05) is 13.7 Å². The maximum atomic E-state index is 11.0. The van der Waals surface area contributed by atoms with Crippen LogP contribution in [0.25, 0.3) is 0 Å². The van der Waals surface area contributed by atoms with Crippen LogP contribution < -0.4 is 5.73 Å². The van der Waals surface area contributed by atoms with E-state index < -0.39 is 5.97 Å². The first kappa shape index (κ1) is 12.3. The van der Waals surface area contributed by atoms with Gasteiger partial charge >= 0.3 is 5.97 Å². The topological polar surface area (TPSA) is 70.8 Å². The highest BCUT2D eigenvalue weighted by Gasteiger charge is 2.08. The summed E-state index contributed by atoms with van der Waals surface area (Å²) < 4.78 is 14.6. The fourth-order valence-corrected chi connectivity index (χ4v) is 0.766. The van der Waals surface area contributed by atoms with E-state index in [1.54, 1.807) is 14.0 Å². The predicted molar refractivity (Wildman–Crippen MR) is 47.3 cm³/mol. The smallest absolute Gasteiger partial charge is 0.332 e. The van der Waals surface area contributed by atoms with Gasteiger partial charge in [0.15, 0.2) is 0 Å². The van der Waals surface area contributed by atoms with E-state index in [0.29, 0.717) is 19.8 Å². The largest absolute Gasteiger partial charge is 0.459 e. The van der Waals surface area contributed by atoms with Gasteiger partial charge in [-0.15, -0.1) is 0 Å². The van der Waals surface area contributed by atoms with Gasteiger partial charge in [0.25, 0.3) is 0 Å². The lowest BCUT2D eigenvalue weighted by Crippen LogP contribution is -2.23. The maximum absolute atomic E-state index is 11.0. The van der Waals surface area contributed by atoms with Gasteiger partial charge in [-0.05, 0) is 6.92 Å². The standard InChI is InChI=1S/C8H17NO4/c1-7(5-11-2)13-8(10)6-12-4-3-9/h7H,3-6,9H2,1-2H3. The SMILES string of the molecule is COCC(C)OC(=O)COCCN. The summed E-state index contributed by atoms with van der Waals surface area (Å²) in [6.45, 7) is 2.87. The van der Waals surface area contributed by atoms with E-state index in [4.69, 9.17) is 19.9 Å². The Labute approximate surface area is 78.1 Å². The van der Waals surface area contributed by atoms with E-state index in [9.17, 15) is 4.79 Å². The average molecular weight is 191 g/mol. The number of hydrogen-bond acceptors (Lipinski definition) is 5. The highest BCUT2D eigenvalue weighted by molar-refractivity contribution is 5.70. The molecule has 2 N–H and O–H groups in total. The molecule has 0 fully saturated rings. The molecular formula is C8H17NO4. The number of hydrogen-bond donors (Lipinski definition) is 1. The van der Waals surface area contributed by atoms with Crippen molar-refractivity contribution in [3.63, 3.8) is 0 Å². The summed E-state index contributed by atoms with van der Waals surface area (Å²) in [6, 6.07) is 0. The van der Waals surface area contributed by atoms with Gasteiger partial charge in [-0.3, -0.25) is 0 Å². The fourth-order valence-electron chi connectivity index (χ4n) is 0.766. The van der Waals surface area contributed by atoms with Gasteiger partial charge in [0.05, 0.1) is 13.2 Å². The Hall–Kier alpha value is -0.650. The molecule has 0 heterocycles. The molecule has 0 radical (unpaired) electrons. The molecule has 0 amide bonds. The first-order chi connectivity index (χ1) is 6.20. The van der Waals surface area contributed by atoms with E-state index in [0.717, 1.165) is 0 Å². The second kappa shape index (κ2) is 7.97. The van der Waals surface area contributed by atoms with Crippen LogP contribution in [0.5, 0.6) is 0 Å². The van der Waals surface area contributed by atoms with Crippen molar-refractivity contribution in [1.82, 2.24) is 0 Å². The molecule has 0 rings (SSSR count). The minimum absolute atomic E-state index is 0.0503. The van der Waals surface area contributed by atoms with Crippen molar-refractivity contribution in [2.45, 2.75) is 13.0 Å². The Morgan fingerprint density at radius 2 is 2.23 bits per heavy atom. The molecule has 0 aromatic heterocycles. The molecule has 1 atom stereocenters. The zero-order valence-electron chi connectivity index (χ0n) is 8.12. The van der Waals surface area contributed by atoms with Gasteiger partial charge in [0.1, 0.15) is 12.7 Å². The third-order valence-corrected chi connectivity index (χ3v) is 1.22. The molecule has 0 aliphatic rings. The number of rotatable bonds is 7. The van der Waals surface area contributed by atoms with Crippen molar-refractivity contribution < 1.29 is 19.0 Å². The van der Waals surface area contributed by atoms with Crippen LogP contribution in [-0.2, 0) is 19.0 Å². The lowest BCUT2D eigenvalue weighted by molar-refractivity contribution is -0.155. The molecular weight excluding hydrogens is 174 g/mol. The number of ether oxygens (including phenoxy) is 3. The molecule has 0 aliphatic heterocycles. The van der Waals surface area contributed by atoms with Crippen LogP contribution in [0.2, 0.25) is 0 Å². The van der Waals surface area contributed by atoms with Crippen molar-refractivity contribution in [3.05, 3.63) is 0 Å². The average Bonchev–Trinajstić information content (AvgIpc) is 2.05. The minimum atomic E-state index is -0.391. The zero-order valence-corrected chi connectivity index (χ0v) is 8.12. The van der Waals surface area contributed by atoms with E-state index in [2.05, 4.69) is 0 Å². The normalized spacial score (nSPS) is 12.5. The number of carbonyl (C=O) groups excluding carboxylic acids is 1. The quantitative estimate of drug-likeness (QED) is 0.435. The molecule has 13 heavy (non-hydrogen) atoms. The Kier molecular flexibility index (Phi) is 7.57. The third kappa shape index (κ3) is 7.70. The summed E-state index contributed by atoms with van der Waals surface area (Å²) >= 11 is 0. The van der Waals surface area contributed by atoms with Crippen molar-refractivity contribution in [1.29, 1.82) is 0 Å². The highest BCUT2D eigenvalue weighted by Crippen LogP contribution is 1.92. The Bertz CT molecular complexity index is 140. The molecule has 0 bridgehead atoms. The van der Waals surface area contributed by atoms with Crippen LogP contribution in [0.4, 0.5) is 0 Å². The van der Waals surface area contributed by atoms with Gasteiger partial charge in [-0.25, -0.2) is 4.79 Å². The van der Waals surface area contributed by atoms with Gasteiger partial charge < -0.3 is 19.9 Å². The second-order valence-electron chi connectivity index (χ2n) is 2.60. The van der Waals surface area contributed by atoms with Crippen molar-refractivity contribution >= 4 is 5.97 Å². The monoisotopic (exact) mass is 191 g/mol. The molecule has 5 nitrogen and oxygen atoms in total. The van der Waals surface area contributed by atoms with Crippen LogP contribution in [0.15, 0.2) is 0 Å². The summed E-state index contributed by atoms with van der Waals surface area (Å²) in [5.74, 6) is -0.391. The van der Waals surface area contributed by atoms with Crippen LogP contribution in [-0.4, -0.2) is 45.5 Å². The van der Waals surface area contributed by atoms with Crippen LogP contribution in [0.3, 0.4) is 0 Å². The Morgan fingerprint density at radius 3 is 2.77 bits per heavy atom. The molecule has 1 unspecified atom stereocenters. The fraction of sp³-hybridized carbons (Fsp3) is 0.875. The van der Waals surface area contributed by atoms with Crippen molar-refractivity contribution in [2.75, 3.05) is 33.5 Å². The minimum Gasteiger partial charge on any atom is -0.459 e. The van der Waals surface area contributed by atoms with E-state index in [1.165, 1.54) is 0 Å². The summed E-state index contributed by atoms with van der Waals surface area (Å²) in [6.07, 6.45) is -0.237. The van der Waals surface area contributed by atoms with E-state index in [-0.39, 0.29) is 12.7 Å². The highest BCUT2D eigenvalue weighted by atomic mass is 16.6. The van der Waals surface area contributed by atoms with E-state index >= 15 is 0 Å². The maximum Gasteiger partial charge on any atom is 0.332 e. The molecule has 78 valence electrons. The van der Waals surface area contributed by atoms with Crippen LogP contribution >= 0.6 is 0 Å². The lowest BCUT2D eigenvalue weighted by atomic mass is 10.4. The molecule has 0 aliphatic carbocycles. The van der Waals surface area contributed by atoms with Crippen LogP contribution in [0.1, 0.15) is 6.92 Å². The van der Waals surface area contributed by atoms with Crippen LogP contribution in [0, 0.1) is 0 Å². The first-order valence-electron chi connectivity index (χ1n) is 4.17. The third-order valence-electron chi connectivity index (χ3n) is 1.22. The summed E-state index contributed by atoms with van der Waals surface area (Å²) in [5.41, 5.74) is 5.17. The first-order valence-corrected chi connectivity index (χ1v) is 4.17. The Morgan fingerprint density at radius 1 is 1.54 bits per heavy atom. The second-order valence-corrected chi connectivity index (χ2v) is 2.60. The zero-order chi connectivity index (χ0) is 10.1. The van der Waals surface area contributed by atoms with E-state index in [1.807, 2.05) is 0 Å². The number of nitrogens with two attached hydrogens (primary N) is 1. The molecule has 5 heteroatoms. The number of carbonyl (C=O) groups is 1. The molecule has 0 aromatic carbocycles. The molecule has 0 saturated heterocycles. The molecule has 0 spiro atoms. The van der Waals surface area contributed by atoms with Crippen molar-refractivity contribution in [3.8, 4) is 0 Å².